The lowest BCUT2D eigenvalue weighted by atomic mass is 10.1. The van der Waals surface area contributed by atoms with Gasteiger partial charge in [-0.2, -0.15) is 5.26 Å². The SMILES string of the molecule is N#Cc1[nH]c(CCN)c2ccccc12. The zero-order valence-electron chi connectivity index (χ0n) is 7.75. The van der Waals surface area contributed by atoms with Crippen molar-refractivity contribution in [3.05, 3.63) is 35.7 Å². The first-order valence-electron chi connectivity index (χ1n) is 4.56. The number of nitrogens with one attached hydrogen (secondary N) is 1. The van der Waals surface area contributed by atoms with E-state index in [4.69, 9.17) is 11.0 Å². The van der Waals surface area contributed by atoms with Gasteiger partial charge in [0.05, 0.1) is 0 Å². The van der Waals surface area contributed by atoms with Crippen LogP contribution in [0.25, 0.3) is 10.8 Å². The zero-order valence-corrected chi connectivity index (χ0v) is 7.75. The van der Waals surface area contributed by atoms with Crippen LogP contribution >= 0.6 is 0 Å². The van der Waals surface area contributed by atoms with Gasteiger partial charge in [-0.3, -0.25) is 0 Å². The van der Waals surface area contributed by atoms with E-state index in [2.05, 4.69) is 11.1 Å². The van der Waals surface area contributed by atoms with Crippen LogP contribution < -0.4 is 5.73 Å². The Labute approximate surface area is 82.1 Å². The number of nitrogens with two attached hydrogens (primary N) is 1. The molecule has 14 heavy (non-hydrogen) atoms. The van der Waals surface area contributed by atoms with Crippen molar-refractivity contribution in [1.82, 2.24) is 4.98 Å². The maximum atomic E-state index is 8.90. The Morgan fingerprint density at radius 2 is 2.00 bits per heavy atom. The molecule has 0 saturated heterocycles. The summed E-state index contributed by atoms with van der Waals surface area (Å²) in [6, 6.07) is 10.0. The van der Waals surface area contributed by atoms with Crippen LogP contribution in [0.2, 0.25) is 0 Å². The maximum absolute atomic E-state index is 8.90. The van der Waals surface area contributed by atoms with Gasteiger partial charge in [-0.05, 0) is 6.54 Å². The summed E-state index contributed by atoms with van der Waals surface area (Å²) < 4.78 is 0. The summed E-state index contributed by atoms with van der Waals surface area (Å²) in [4.78, 5) is 3.10. The van der Waals surface area contributed by atoms with Crippen LogP contribution in [0.4, 0.5) is 0 Å². The minimum absolute atomic E-state index is 0.593. The quantitative estimate of drug-likeness (QED) is 0.745. The predicted octanol–water partition coefficient (Wildman–Crippen LogP) is 1.54. The average molecular weight is 185 g/mol. The van der Waals surface area contributed by atoms with Crippen LogP contribution in [0, 0.1) is 11.3 Å². The number of aromatic amines is 1. The standard InChI is InChI=1S/C11H11N3/c12-6-5-10-8-3-1-2-4-9(8)11(7-13)14-10/h1-4,14H,5-6,12H2. The Morgan fingerprint density at radius 3 is 2.64 bits per heavy atom. The fourth-order valence-electron chi connectivity index (χ4n) is 1.68. The largest absolute Gasteiger partial charge is 0.349 e. The highest BCUT2D eigenvalue weighted by Gasteiger charge is 2.07. The monoisotopic (exact) mass is 185 g/mol. The summed E-state index contributed by atoms with van der Waals surface area (Å²) in [5, 5.41) is 11.0. The smallest absolute Gasteiger partial charge is 0.125 e. The summed E-state index contributed by atoms with van der Waals surface area (Å²) in [6.45, 7) is 0.593. The lowest BCUT2D eigenvalue weighted by Gasteiger charge is -1.94. The van der Waals surface area contributed by atoms with Crippen LogP contribution in [-0.4, -0.2) is 11.5 Å². The minimum atomic E-state index is 0.593. The van der Waals surface area contributed by atoms with E-state index in [1.54, 1.807) is 0 Å². The summed E-state index contributed by atoms with van der Waals surface area (Å²) >= 11 is 0. The lowest BCUT2D eigenvalue weighted by Crippen LogP contribution is -2.03. The highest BCUT2D eigenvalue weighted by molar-refractivity contribution is 5.90. The van der Waals surface area contributed by atoms with Gasteiger partial charge in [-0.15, -0.1) is 0 Å². The number of aromatic nitrogens is 1. The third kappa shape index (κ3) is 1.26. The van der Waals surface area contributed by atoms with Crippen molar-refractivity contribution in [3.8, 4) is 6.07 Å². The highest BCUT2D eigenvalue weighted by atomic mass is 14.7. The van der Waals surface area contributed by atoms with Crippen molar-refractivity contribution in [1.29, 1.82) is 5.26 Å². The number of nitrogens with zero attached hydrogens (tertiary/aromatic N) is 1. The normalized spacial score (nSPS) is 10.3. The predicted molar refractivity (Wildman–Crippen MR) is 55.8 cm³/mol. The molecule has 0 spiro atoms. The van der Waals surface area contributed by atoms with Gasteiger partial charge in [0, 0.05) is 22.9 Å². The van der Waals surface area contributed by atoms with Crippen LogP contribution in [0.15, 0.2) is 24.3 Å². The molecule has 0 aliphatic rings. The molecular formula is C11H11N3. The van der Waals surface area contributed by atoms with Crippen LogP contribution in [0.5, 0.6) is 0 Å². The van der Waals surface area contributed by atoms with Crippen molar-refractivity contribution in [2.24, 2.45) is 5.73 Å². The van der Waals surface area contributed by atoms with E-state index in [0.29, 0.717) is 12.2 Å². The van der Waals surface area contributed by atoms with Gasteiger partial charge >= 0.3 is 0 Å². The molecule has 0 atom stereocenters. The molecule has 0 bridgehead atoms. The Bertz CT molecular complexity index is 491. The molecule has 0 saturated carbocycles. The van der Waals surface area contributed by atoms with Crippen molar-refractivity contribution in [2.75, 3.05) is 6.54 Å². The minimum Gasteiger partial charge on any atom is -0.349 e. The van der Waals surface area contributed by atoms with Gasteiger partial charge in [0.25, 0.3) is 0 Å². The Morgan fingerprint density at radius 1 is 1.29 bits per heavy atom. The molecule has 0 fully saturated rings. The molecule has 1 aromatic heterocycles. The first-order valence-corrected chi connectivity index (χ1v) is 4.56. The van der Waals surface area contributed by atoms with Crippen molar-refractivity contribution >= 4 is 10.8 Å². The third-order valence-electron chi connectivity index (χ3n) is 2.30. The fraction of sp³-hybridized carbons (Fsp3) is 0.182. The number of H-pyrrole nitrogens is 1. The van der Waals surface area contributed by atoms with Crippen LogP contribution in [-0.2, 0) is 6.42 Å². The summed E-state index contributed by atoms with van der Waals surface area (Å²) in [6.07, 6.45) is 0.780. The molecule has 1 heterocycles. The lowest BCUT2D eigenvalue weighted by molar-refractivity contribution is 0.940. The number of fused-ring (bicyclic) bond motifs is 1. The first-order chi connectivity index (χ1) is 6.86. The van der Waals surface area contributed by atoms with Crippen molar-refractivity contribution in [2.45, 2.75) is 6.42 Å². The zero-order chi connectivity index (χ0) is 9.97. The number of rotatable bonds is 2. The van der Waals surface area contributed by atoms with Crippen LogP contribution in [0.1, 0.15) is 11.4 Å². The van der Waals surface area contributed by atoms with Crippen LogP contribution in [0.3, 0.4) is 0 Å². The van der Waals surface area contributed by atoms with E-state index in [9.17, 15) is 0 Å². The van der Waals surface area contributed by atoms with E-state index < -0.39 is 0 Å². The van der Waals surface area contributed by atoms with E-state index in [0.717, 1.165) is 22.9 Å². The Balaban J connectivity index is 2.68. The maximum Gasteiger partial charge on any atom is 0.125 e. The second-order valence-electron chi connectivity index (χ2n) is 3.17. The Hall–Kier alpha value is -1.79. The topological polar surface area (TPSA) is 65.6 Å². The number of benzene rings is 1. The van der Waals surface area contributed by atoms with Crippen molar-refractivity contribution in [3.63, 3.8) is 0 Å². The number of nitriles is 1. The molecule has 0 unspecified atom stereocenters. The second kappa shape index (κ2) is 3.52. The summed E-state index contributed by atoms with van der Waals surface area (Å²) in [5.41, 5.74) is 7.18. The van der Waals surface area contributed by atoms with Gasteiger partial charge in [-0.1, -0.05) is 24.3 Å². The molecule has 0 radical (unpaired) electrons. The molecule has 0 aliphatic heterocycles. The third-order valence-corrected chi connectivity index (χ3v) is 2.30. The van der Waals surface area contributed by atoms with Crippen molar-refractivity contribution < 1.29 is 0 Å². The molecule has 3 N–H and O–H groups in total. The summed E-state index contributed by atoms with van der Waals surface area (Å²) in [7, 11) is 0. The van der Waals surface area contributed by atoms with Gasteiger partial charge in [0.1, 0.15) is 11.8 Å². The second-order valence-corrected chi connectivity index (χ2v) is 3.17. The molecule has 3 heteroatoms. The van der Waals surface area contributed by atoms with E-state index in [1.165, 1.54) is 0 Å². The molecule has 0 amide bonds. The summed E-state index contributed by atoms with van der Waals surface area (Å²) in [5.74, 6) is 0. The number of hydrogen-bond acceptors (Lipinski definition) is 2. The van der Waals surface area contributed by atoms with Gasteiger partial charge in [0.2, 0.25) is 0 Å². The highest BCUT2D eigenvalue weighted by Crippen LogP contribution is 2.21. The molecular weight excluding hydrogens is 174 g/mol. The first kappa shape index (κ1) is 8.79. The van der Waals surface area contributed by atoms with Gasteiger partial charge in [-0.25, -0.2) is 0 Å². The molecule has 2 rings (SSSR count). The molecule has 70 valence electrons. The molecule has 3 nitrogen and oxygen atoms in total. The van der Waals surface area contributed by atoms with E-state index >= 15 is 0 Å². The van der Waals surface area contributed by atoms with E-state index in [-0.39, 0.29) is 0 Å². The molecule has 2 aromatic rings. The number of hydrogen-bond donors (Lipinski definition) is 2. The van der Waals surface area contributed by atoms with E-state index in [1.807, 2.05) is 24.3 Å². The van der Waals surface area contributed by atoms with Gasteiger partial charge in [0.15, 0.2) is 0 Å². The fourth-order valence-corrected chi connectivity index (χ4v) is 1.68. The van der Waals surface area contributed by atoms with Gasteiger partial charge < -0.3 is 10.7 Å². The Kier molecular flexibility index (Phi) is 2.21. The molecule has 1 aromatic carbocycles. The molecule has 0 aliphatic carbocycles. The average Bonchev–Trinajstić information content (AvgIpc) is 2.58.